The summed E-state index contributed by atoms with van der Waals surface area (Å²) in [5.74, 6) is 5.81. The highest BCUT2D eigenvalue weighted by Gasteiger charge is 2.19. The fraction of sp³-hybridized carbons (Fsp3) is 0.556. The molecule has 1 rings (SSSR count). The molecular formula is C18H26N2O3S. The van der Waals surface area contributed by atoms with E-state index in [2.05, 4.69) is 17.2 Å². The summed E-state index contributed by atoms with van der Waals surface area (Å²) in [5.41, 5.74) is 0.473. The first-order chi connectivity index (χ1) is 11.2. The van der Waals surface area contributed by atoms with Gasteiger partial charge in [0, 0.05) is 5.41 Å². The maximum atomic E-state index is 12.0. The summed E-state index contributed by atoms with van der Waals surface area (Å²) in [7, 11) is 5.24. The smallest absolute Gasteiger partial charge is 0.350 e. The highest BCUT2D eigenvalue weighted by molar-refractivity contribution is 7.15. The Kier molecular flexibility index (Phi) is 7.46. The van der Waals surface area contributed by atoms with Gasteiger partial charge in [-0.15, -0.1) is 11.3 Å². The van der Waals surface area contributed by atoms with Gasteiger partial charge in [-0.25, -0.2) is 4.79 Å². The van der Waals surface area contributed by atoms with Gasteiger partial charge in [0.25, 0.3) is 0 Å². The number of hydrogen-bond donors (Lipinski definition) is 1. The van der Waals surface area contributed by atoms with Gasteiger partial charge < -0.3 is 19.7 Å². The number of carbonyl (C=O) groups excluding carboxylic acids is 2. The van der Waals surface area contributed by atoms with E-state index in [0.717, 1.165) is 17.7 Å². The molecule has 1 heterocycles. The highest BCUT2D eigenvalue weighted by Crippen LogP contribution is 2.28. The minimum atomic E-state index is -0.427. The van der Waals surface area contributed by atoms with Gasteiger partial charge in [-0.3, -0.25) is 0 Å². The summed E-state index contributed by atoms with van der Waals surface area (Å²) >= 11 is 1.27. The molecule has 5 nitrogen and oxygen atoms in total. The summed E-state index contributed by atoms with van der Waals surface area (Å²) in [6.07, 6.45) is 1.51. The molecule has 1 aromatic rings. The van der Waals surface area contributed by atoms with Gasteiger partial charge in [0.1, 0.15) is 11.2 Å². The Morgan fingerprint density at radius 2 is 2.12 bits per heavy atom. The largest absolute Gasteiger partial charge is 0.465 e. The van der Waals surface area contributed by atoms with E-state index >= 15 is 0 Å². The van der Waals surface area contributed by atoms with Crippen LogP contribution in [0.1, 0.15) is 41.7 Å². The van der Waals surface area contributed by atoms with Gasteiger partial charge in [0.2, 0.25) is 0 Å². The number of ether oxygens (including phenoxy) is 1. The van der Waals surface area contributed by atoms with E-state index in [9.17, 15) is 9.59 Å². The van der Waals surface area contributed by atoms with Gasteiger partial charge in [-0.1, -0.05) is 11.8 Å². The van der Waals surface area contributed by atoms with E-state index in [1.165, 1.54) is 18.4 Å². The van der Waals surface area contributed by atoms with Crippen molar-refractivity contribution in [1.29, 1.82) is 0 Å². The number of nitrogens with one attached hydrogen (secondary N) is 1. The minimum absolute atomic E-state index is 0.125. The molecule has 0 aliphatic carbocycles. The SMILES string of the molecule is COC(=O)c1sc(C#CC(C)(C)C)cc1NC(C=O)CCN(C)C. The van der Waals surface area contributed by atoms with Gasteiger partial charge in [0.05, 0.1) is 23.7 Å². The number of anilines is 1. The molecule has 0 aliphatic rings. The predicted molar refractivity (Wildman–Crippen MR) is 98.6 cm³/mol. The van der Waals surface area contributed by atoms with E-state index in [4.69, 9.17) is 4.74 Å². The van der Waals surface area contributed by atoms with Crippen LogP contribution in [0, 0.1) is 17.3 Å². The Morgan fingerprint density at radius 1 is 1.46 bits per heavy atom. The maximum absolute atomic E-state index is 12.0. The van der Waals surface area contributed by atoms with Crippen molar-refractivity contribution in [3.8, 4) is 11.8 Å². The third kappa shape index (κ3) is 6.73. The summed E-state index contributed by atoms with van der Waals surface area (Å²) in [6.45, 7) is 6.84. The topological polar surface area (TPSA) is 58.6 Å². The molecule has 0 aliphatic heterocycles. The average molecular weight is 350 g/mol. The lowest BCUT2D eigenvalue weighted by atomic mass is 9.98. The number of hydrogen-bond acceptors (Lipinski definition) is 6. The standard InChI is InChI=1S/C18H26N2O3S/c1-18(2,3)9-7-14-11-15(16(24-14)17(22)23-6)19-13(12-21)8-10-20(4)5/h11-13,19H,8,10H2,1-6H3. The van der Waals surface area contributed by atoms with E-state index in [0.29, 0.717) is 17.0 Å². The van der Waals surface area contributed by atoms with Crippen molar-refractivity contribution in [1.82, 2.24) is 4.90 Å². The quantitative estimate of drug-likeness (QED) is 0.465. The zero-order valence-electron chi connectivity index (χ0n) is 15.2. The monoisotopic (exact) mass is 350 g/mol. The van der Waals surface area contributed by atoms with E-state index in [1.54, 1.807) is 0 Å². The number of rotatable bonds is 7. The summed E-state index contributed by atoms with van der Waals surface area (Å²) in [4.78, 5) is 26.5. The minimum Gasteiger partial charge on any atom is -0.465 e. The first-order valence-corrected chi connectivity index (χ1v) is 8.60. The molecule has 0 radical (unpaired) electrons. The van der Waals surface area contributed by atoms with Crippen LogP contribution in [-0.2, 0) is 9.53 Å². The molecule has 1 unspecified atom stereocenters. The van der Waals surface area contributed by atoms with Gasteiger partial charge in [-0.05, 0) is 53.9 Å². The fourth-order valence-corrected chi connectivity index (χ4v) is 2.72. The van der Waals surface area contributed by atoms with Gasteiger partial charge in [-0.2, -0.15) is 0 Å². The third-order valence-electron chi connectivity index (χ3n) is 3.06. The molecule has 24 heavy (non-hydrogen) atoms. The van der Waals surface area contributed by atoms with Crippen molar-refractivity contribution >= 4 is 29.3 Å². The van der Waals surface area contributed by atoms with Gasteiger partial charge >= 0.3 is 5.97 Å². The van der Waals surface area contributed by atoms with Crippen molar-refractivity contribution in [2.24, 2.45) is 5.41 Å². The summed E-state index contributed by atoms with van der Waals surface area (Å²) in [6, 6.07) is 1.44. The van der Waals surface area contributed by atoms with Crippen LogP contribution in [0.4, 0.5) is 5.69 Å². The molecule has 1 N–H and O–H groups in total. The fourth-order valence-electron chi connectivity index (χ4n) is 1.82. The molecule has 1 aromatic heterocycles. The lowest BCUT2D eigenvalue weighted by Gasteiger charge is -2.16. The molecule has 1 atom stereocenters. The van der Waals surface area contributed by atoms with Crippen LogP contribution in [-0.4, -0.2) is 50.9 Å². The van der Waals surface area contributed by atoms with Crippen molar-refractivity contribution in [2.75, 3.05) is 33.1 Å². The van der Waals surface area contributed by atoms with Gasteiger partial charge in [0.15, 0.2) is 0 Å². The molecule has 132 valence electrons. The molecular weight excluding hydrogens is 324 g/mol. The molecule has 0 fully saturated rings. The average Bonchev–Trinajstić information content (AvgIpc) is 2.90. The van der Waals surface area contributed by atoms with Crippen molar-refractivity contribution in [3.63, 3.8) is 0 Å². The zero-order chi connectivity index (χ0) is 18.3. The zero-order valence-corrected chi connectivity index (χ0v) is 16.0. The lowest BCUT2D eigenvalue weighted by Crippen LogP contribution is -2.27. The molecule has 6 heteroatoms. The molecule has 0 spiro atoms. The van der Waals surface area contributed by atoms with Crippen molar-refractivity contribution in [2.45, 2.75) is 33.2 Å². The molecule has 0 saturated carbocycles. The van der Waals surface area contributed by atoms with Crippen LogP contribution in [0.3, 0.4) is 0 Å². The Bertz CT molecular complexity index is 633. The van der Waals surface area contributed by atoms with E-state index in [1.807, 2.05) is 45.8 Å². The molecule has 0 bridgehead atoms. The van der Waals surface area contributed by atoms with Crippen LogP contribution in [0.25, 0.3) is 0 Å². The number of methoxy groups -OCH3 is 1. The Hall–Kier alpha value is -1.84. The van der Waals surface area contributed by atoms with Crippen LogP contribution in [0.5, 0.6) is 0 Å². The number of esters is 1. The predicted octanol–water partition coefficient (Wildman–Crippen LogP) is 2.86. The van der Waals surface area contributed by atoms with Crippen LogP contribution >= 0.6 is 11.3 Å². The number of nitrogens with zero attached hydrogens (tertiary/aromatic N) is 1. The van der Waals surface area contributed by atoms with Crippen LogP contribution < -0.4 is 5.32 Å². The van der Waals surface area contributed by atoms with E-state index < -0.39 is 5.97 Å². The third-order valence-corrected chi connectivity index (χ3v) is 4.09. The number of thiophene rings is 1. The van der Waals surface area contributed by atoms with Crippen molar-refractivity contribution < 1.29 is 14.3 Å². The lowest BCUT2D eigenvalue weighted by molar-refractivity contribution is -0.108. The number of aldehydes is 1. The van der Waals surface area contributed by atoms with E-state index in [-0.39, 0.29) is 11.5 Å². The molecule has 0 saturated heterocycles. The summed E-state index contributed by atoms with van der Waals surface area (Å²) in [5, 5.41) is 3.13. The second kappa shape index (κ2) is 8.86. The Labute approximate surface area is 148 Å². The molecule has 0 amide bonds. The van der Waals surface area contributed by atoms with Crippen LogP contribution in [0.15, 0.2) is 6.07 Å². The second-order valence-electron chi connectivity index (χ2n) is 6.82. The highest BCUT2D eigenvalue weighted by atomic mass is 32.1. The Balaban J connectivity index is 3.05. The normalized spacial score (nSPS) is 12.3. The first kappa shape index (κ1) is 20.2. The second-order valence-corrected chi connectivity index (χ2v) is 7.88. The number of carbonyl (C=O) groups is 2. The van der Waals surface area contributed by atoms with Crippen LogP contribution in [0.2, 0.25) is 0 Å². The summed E-state index contributed by atoms with van der Waals surface area (Å²) < 4.78 is 4.84. The van der Waals surface area contributed by atoms with Crippen molar-refractivity contribution in [3.05, 3.63) is 15.8 Å². The maximum Gasteiger partial charge on any atom is 0.350 e. The Morgan fingerprint density at radius 3 is 2.62 bits per heavy atom. The first-order valence-electron chi connectivity index (χ1n) is 7.78. The molecule has 0 aromatic carbocycles.